The molecule has 3 rings (SSSR count). The van der Waals surface area contributed by atoms with Crippen LogP contribution in [-0.4, -0.2) is 55.5 Å². The number of piperidine rings is 1. The first-order valence-electron chi connectivity index (χ1n) is 10.2. The van der Waals surface area contributed by atoms with Crippen molar-refractivity contribution < 1.29 is 14.3 Å². The average molecular weight is 407 g/mol. The SMILES string of the molecule is CC(C)(C)OC(=O)CN1CCC(C2CCN(c3cc(Cl)ccc3C=O)CC2)C1. The Kier molecular flexibility index (Phi) is 6.66. The standard InChI is InChI=1S/C22H31ClN2O3/c1-22(2,3)28-21(27)14-24-9-6-17(13-24)16-7-10-25(11-8-16)20-12-19(23)5-4-18(20)15-26/h4-5,12,15-17H,6-11,13-14H2,1-3H3. The molecule has 1 aromatic carbocycles. The van der Waals surface area contributed by atoms with Crippen molar-refractivity contribution in [2.75, 3.05) is 37.6 Å². The summed E-state index contributed by atoms with van der Waals surface area (Å²) >= 11 is 6.14. The molecule has 0 aliphatic carbocycles. The maximum atomic E-state index is 12.1. The van der Waals surface area contributed by atoms with Crippen LogP contribution in [0.1, 0.15) is 50.4 Å². The number of nitrogens with zero attached hydrogens (tertiary/aromatic N) is 2. The van der Waals surface area contributed by atoms with E-state index in [1.54, 1.807) is 12.1 Å². The number of rotatable bonds is 5. The number of anilines is 1. The molecule has 0 saturated carbocycles. The molecule has 0 radical (unpaired) electrons. The minimum Gasteiger partial charge on any atom is -0.459 e. The van der Waals surface area contributed by atoms with Crippen LogP contribution < -0.4 is 4.90 Å². The lowest BCUT2D eigenvalue weighted by Gasteiger charge is -2.36. The first kappa shape index (κ1) is 21.1. The second-order valence-corrected chi connectivity index (χ2v) is 9.45. The molecule has 6 heteroatoms. The van der Waals surface area contributed by atoms with E-state index in [0.29, 0.717) is 29.0 Å². The van der Waals surface area contributed by atoms with E-state index in [9.17, 15) is 9.59 Å². The lowest BCUT2D eigenvalue weighted by atomic mass is 9.83. The summed E-state index contributed by atoms with van der Waals surface area (Å²) in [6, 6.07) is 5.45. The molecule has 0 aromatic heterocycles. The molecule has 154 valence electrons. The zero-order valence-electron chi connectivity index (χ0n) is 17.1. The molecular formula is C22H31ClN2O3. The molecule has 2 fully saturated rings. The molecule has 0 bridgehead atoms. The van der Waals surface area contributed by atoms with Crippen LogP contribution in [0.15, 0.2) is 18.2 Å². The molecule has 2 heterocycles. The third-order valence-corrected chi connectivity index (χ3v) is 5.98. The molecule has 1 unspecified atom stereocenters. The largest absolute Gasteiger partial charge is 0.459 e. The van der Waals surface area contributed by atoms with Crippen molar-refractivity contribution in [3.8, 4) is 0 Å². The number of carbonyl (C=O) groups excluding carboxylic acids is 2. The van der Waals surface area contributed by atoms with Crippen LogP contribution >= 0.6 is 11.6 Å². The summed E-state index contributed by atoms with van der Waals surface area (Å²) in [6.07, 6.45) is 4.26. The second-order valence-electron chi connectivity index (χ2n) is 9.02. The quantitative estimate of drug-likeness (QED) is 0.545. The van der Waals surface area contributed by atoms with Gasteiger partial charge in [-0.05, 0) is 76.6 Å². The number of ether oxygens (including phenoxy) is 1. The molecule has 28 heavy (non-hydrogen) atoms. The highest BCUT2D eigenvalue weighted by atomic mass is 35.5. The Hall–Kier alpha value is -1.59. The van der Waals surface area contributed by atoms with Crippen molar-refractivity contribution in [1.29, 1.82) is 0 Å². The number of carbonyl (C=O) groups is 2. The molecule has 2 aliphatic heterocycles. The van der Waals surface area contributed by atoms with Gasteiger partial charge >= 0.3 is 5.97 Å². The molecule has 5 nitrogen and oxygen atoms in total. The first-order valence-corrected chi connectivity index (χ1v) is 10.6. The van der Waals surface area contributed by atoms with Crippen molar-refractivity contribution in [2.24, 2.45) is 11.8 Å². The molecule has 0 N–H and O–H groups in total. The molecule has 2 aliphatic rings. The van der Waals surface area contributed by atoms with Crippen LogP contribution in [0.3, 0.4) is 0 Å². The number of likely N-dealkylation sites (tertiary alicyclic amines) is 1. The minimum absolute atomic E-state index is 0.134. The van der Waals surface area contributed by atoms with E-state index in [1.165, 1.54) is 0 Å². The van der Waals surface area contributed by atoms with Gasteiger partial charge in [0.1, 0.15) is 5.60 Å². The predicted octanol–water partition coefficient (Wildman–Crippen LogP) is 4.03. The van der Waals surface area contributed by atoms with Gasteiger partial charge in [0.2, 0.25) is 0 Å². The van der Waals surface area contributed by atoms with Gasteiger partial charge in [-0.25, -0.2) is 0 Å². The van der Waals surface area contributed by atoms with E-state index in [0.717, 1.165) is 57.4 Å². The van der Waals surface area contributed by atoms with Gasteiger partial charge in [0.05, 0.1) is 6.54 Å². The van der Waals surface area contributed by atoms with Crippen LogP contribution in [0.4, 0.5) is 5.69 Å². The van der Waals surface area contributed by atoms with Gasteiger partial charge in [-0.2, -0.15) is 0 Å². The number of esters is 1. The van der Waals surface area contributed by atoms with Crippen molar-refractivity contribution >= 4 is 29.5 Å². The summed E-state index contributed by atoms with van der Waals surface area (Å²) in [5, 5.41) is 0.663. The summed E-state index contributed by atoms with van der Waals surface area (Å²) < 4.78 is 5.45. The highest BCUT2D eigenvalue weighted by molar-refractivity contribution is 6.31. The third-order valence-electron chi connectivity index (χ3n) is 5.75. The Morgan fingerprint density at radius 1 is 1.18 bits per heavy atom. The van der Waals surface area contributed by atoms with E-state index in [2.05, 4.69) is 9.80 Å². The number of aldehydes is 1. The van der Waals surface area contributed by atoms with E-state index < -0.39 is 5.60 Å². The Balaban J connectivity index is 1.50. The van der Waals surface area contributed by atoms with Crippen LogP contribution in [0.25, 0.3) is 0 Å². The smallest absolute Gasteiger partial charge is 0.320 e. The summed E-state index contributed by atoms with van der Waals surface area (Å²) in [5.41, 5.74) is 1.22. The van der Waals surface area contributed by atoms with E-state index in [1.807, 2.05) is 26.8 Å². The summed E-state index contributed by atoms with van der Waals surface area (Å²) in [4.78, 5) is 27.9. The van der Waals surface area contributed by atoms with Crippen LogP contribution in [0, 0.1) is 11.8 Å². The molecule has 1 atom stereocenters. The van der Waals surface area contributed by atoms with Gasteiger partial charge in [0, 0.05) is 35.9 Å². The molecular weight excluding hydrogens is 376 g/mol. The Morgan fingerprint density at radius 2 is 1.86 bits per heavy atom. The maximum Gasteiger partial charge on any atom is 0.320 e. The van der Waals surface area contributed by atoms with E-state index >= 15 is 0 Å². The third kappa shape index (κ3) is 5.48. The number of benzene rings is 1. The normalized spacial score (nSPS) is 21.7. The lowest BCUT2D eigenvalue weighted by molar-refractivity contribution is -0.155. The monoisotopic (exact) mass is 406 g/mol. The Morgan fingerprint density at radius 3 is 2.50 bits per heavy atom. The van der Waals surface area contributed by atoms with Crippen LogP contribution in [0.5, 0.6) is 0 Å². The summed E-state index contributed by atoms with van der Waals surface area (Å²) in [7, 11) is 0. The molecule has 2 saturated heterocycles. The molecule has 0 spiro atoms. The molecule has 1 aromatic rings. The number of hydrogen-bond donors (Lipinski definition) is 0. The van der Waals surface area contributed by atoms with E-state index in [4.69, 9.17) is 16.3 Å². The minimum atomic E-state index is -0.427. The van der Waals surface area contributed by atoms with Gasteiger partial charge in [-0.1, -0.05) is 11.6 Å². The fourth-order valence-corrected chi connectivity index (χ4v) is 4.62. The Bertz CT molecular complexity index is 708. The fourth-order valence-electron chi connectivity index (χ4n) is 4.45. The zero-order valence-corrected chi connectivity index (χ0v) is 17.9. The second kappa shape index (κ2) is 8.83. The van der Waals surface area contributed by atoms with Gasteiger partial charge in [-0.3, -0.25) is 14.5 Å². The van der Waals surface area contributed by atoms with Crippen LogP contribution in [0.2, 0.25) is 5.02 Å². The number of hydrogen-bond acceptors (Lipinski definition) is 5. The molecule has 0 amide bonds. The topological polar surface area (TPSA) is 49.9 Å². The van der Waals surface area contributed by atoms with Crippen LogP contribution in [-0.2, 0) is 9.53 Å². The maximum absolute atomic E-state index is 12.1. The zero-order chi connectivity index (χ0) is 20.3. The fraction of sp³-hybridized carbons (Fsp3) is 0.636. The predicted molar refractivity (Wildman–Crippen MR) is 112 cm³/mol. The van der Waals surface area contributed by atoms with E-state index in [-0.39, 0.29) is 5.97 Å². The highest BCUT2D eigenvalue weighted by Crippen LogP contribution is 2.34. The summed E-state index contributed by atoms with van der Waals surface area (Å²) in [5.74, 6) is 1.17. The van der Waals surface area contributed by atoms with Crippen molar-refractivity contribution in [2.45, 2.75) is 45.6 Å². The van der Waals surface area contributed by atoms with Crippen molar-refractivity contribution in [3.05, 3.63) is 28.8 Å². The van der Waals surface area contributed by atoms with Gasteiger partial charge < -0.3 is 9.64 Å². The van der Waals surface area contributed by atoms with Gasteiger partial charge in [0.15, 0.2) is 6.29 Å². The van der Waals surface area contributed by atoms with Gasteiger partial charge in [-0.15, -0.1) is 0 Å². The first-order chi connectivity index (χ1) is 13.2. The summed E-state index contributed by atoms with van der Waals surface area (Å²) in [6.45, 7) is 9.92. The number of halogens is 1. The van der Waals surface area contributed by atoms with Crippen molar-refractivity contribution in [1.82, 2.24) is 4.90 Å². The van der Waals surface area contributed by atoms with Gasteiger partial charge in [0.25, 0.3) is 0 Å². The highest BCUT2D eigenvalue weighted by Gasteiger charge is 2.33. The lowest BCUT2D eigenvalue weighted by Crippen LogP contribution is -2.38. The average Bonchev–Trinajstić information content (AvgIpc) is 3.08. The Labute approximate surface area is 173 Å². The van der Waals surface area contributed by atoms with Crippen molar-refractivity contribution in [3.63, 3.8) is 0 Å².